The first kappa shape index (κ1) is 17.3. The van der Waals surface area contributed by atoms with Gasteiger partial charge in [-0.15, -0.1) is 10.2 Å². The Morgan fingerprint density at radius 3 is 2.68 bits per heavy atom. The van der Waals surface area contributed by atoms with Gasteiger partial charge in [-0.1, -0.05) is 17.4 Å². The van der Waals surface area contributed by atoms with Crippen LogP contribution in [-0.4, -0.2) is 58.1 Å². The number of hydrogen-bond donors (Lipinski definition) is 1. The summed E-state index contributed by atoms with van der Waals surface area (Å²) < 4.78 is 0. The SMILES string of the molecule is O=C(CCCC(=O)N1CCN(c2ccccn2)CC1)Nc1nncs1. The summed E-state index contributed by atoms with van der Waals surface area (Å²) in [7, 11) is 0. The van der Waals surface area contributed by atoms with Gasteiger partial charge < -0.3 is 15.1 Å². The molecular weight excluding hydrogens is 340 g/mol. The van der Waals surface area contributed by atoms with Gasteiger partial charge in [-0.05, 0) is 18.6 Å². The molecule has 3 heterocycles. The number of piperazine rings is 1. The number of nitrogens with zero attached hydrogens (tertiary/aromatic N) is 5. The van der Waals surface area contributed by atoms with Gasteiger partial charge in [0.25, 0.3) is 0 Å². The summed E-state index contributed by atoms with van der Waals surface area (Å²) in [6.07, 6.45) is 3.00. The van der Waals surface area contributed by atoms with Crippen LogP contribution in [0.5, 0.6) is 0 Å². The van der Waals surface area contributed by atoms with E-state index in [4.69, 9.17) is 0 Å². The lowest BCUT2D eigenvalue weighted by molar-refractivity contribution is -0.131. The second-order valence-corrected chi connectivity index (χ2v) is 6.53. The van der Waals surface area contributed by atoms with Crippen molar-refractivity contribution >= 4 is 34.1 Å². The van der Waals surface area contributed by atoms with Crippen molar-refractivity contribution in [2.45, 2.75) is 19.3 Å². The predicted molar refractivity (Wildman–Crippen MR) is 95.4 cm³/mol. The van der Waals surface area contributed by atoms with E-state index < -0.39 is 0 Å². The summed E-state index contributed by atoms with van der Waals surface area (Å²) in [5, 5.41) is 10.6. The first-order chi connectivity index (χ1) is 12.2. The molecule has 2 amide bonds. The van der Waals surface area contributed by atoms with Crippen LogP contribution in [0.2, 0.25) is 0 Å². The van der Waals surface area contributed by atoms with E-state index in [-0.39, 0.29) is 11.8 Å². The highest BCUT2D eigenvalue weighted by Crippen LogP contribution is 2.14. The Morgan fingerprint density at radius 2 is 2.00 bits per heavy atom. The maximum absolute atomic E-state index is 12.3. The minimum atomic E-state index is -0.135. The summed E-state index contributed by atoms with van der Waals surface area (Å²) >= 11 is 1.27. The van der Waals surface area contributed by atoms with Gasteiger partial charge in [0.1, 0.15) is 11.3 Å². The molecule has 1 N–H and O–H groups in total. The summed E-state index contributed by atoms with van der Waals surface area (Å²) in [6.45, 7) is 2.93. The number of aromatic nitrogens is 3. The number of anilines is 2. The zero-order chi connectivity index (χ0) is 17.5. The molecule has 0 saturated carbocycles. The summed E-state index contributed by atoms with van der Waals surface area (Å²) in [5.41, 5.74) is 1.56. The van der Waals surface area contributed by atoms with E-state index >= 15 is 0 Å². The standard InChI is InChI=1S/C16H20N6O2S/c23-14(19-16-20-18-12-25-16)5-3-6-15(24)22-10-8-21(9-11-22)13-4-1-2-7-17-13/h1-2,4,7,12H,3,5-6,8-11H2,(H,19,20,23). The molecule has 0 aliphatic carbocycles. The zero-order valence-corrected chi connectivity index (χ0v) is 14.6. The third-order valence-corrected chi connectivity index (χ3v) is 4.61. The normalized spacial score (nSPS) is 14.4. The lowest BCUT2D eigenvalue weighted by Crippen LogP contribution is -2.49. The van der Waals surface area contributed by atoms with E-state index in [0.29, 0.717) is 37.5 Å². The van der Waals surface area contributed by atoms with E-state index in [9.17, 15) is 9.59 Å². The van der Waals surface area contributed by atoms with Crippen LogP contribution in [0.3, 0.4) is 0 Å². The molecule has 0 unspecified atom stereocenters. The van der Waals surface area contributed by atoms with Crippen molar-refractivity contribution in [3.63, 3.8) is 0 Å². The number of amides is 2. The molecule has 8 nitrogen and oxygen atoms in total. The Labute approximate surface area is 149 Å². The predicted octanol–water partition coefficient (Wildman–Crippen LogP) is 1.39. The first-order valence-corrected chi connectivity index (χ1v) is 9.10. The Balaban J connectivity index is 1.36. The Morgan fingerprint density at radius 1 is 1.16 bits per heavy atom. The number of nitrogens with one attached hydrogen (secondary N) is 1. The fourth-order valence-corrected chi connectivity index (χ4v) is 3.15. The average molecular weight is 360 g/mol. The van der Waals surface area contributed by atoms with Gasteiger partial charge in [0.15, 0.2) is 0 Å². The van der Waals surface area contributed by atoms with Gasteiger partial charge in [0, 0.05) is 45.2 Å². The molecule has 0 atom stereocenters. The molecule has 3 rings (SSSR count). The minimum absolute atomic E-state index is 0.101. The lowest BCUT2D eigenvalue weighted by atomic mass is 10.2. The fraction of sp³-hybridized carbons (Fsp3) is 0.438. The molecule has 2 aromatic rings. The van der Waals surface area contributed by atoms with Gasteiger partial charge in [-0.25, -0.2) is 4.98 Å². The number of rotatable bonds is 6. The molecule has 1 aliphatic heterocycles. The Hall–Kier alpha value is -2.55. The van der Waals surface area contributed by atoms with E-state index in [0.717, 1.165) is 18.9 Å². The van der Waals surface area contributed by atoms with Crippen LogP contribution in [0.25, 0.3) is 0 Å². The van der Waals surface area contributed by atoms with Crippen LogP contribution in [0.1, 0.15) is 19.3 Å². The topological polar surface area (TPSA) is 91.3 Å². The molecule has 0 aromatic carbocycles. The molecule has 132 valence electrons. The maximum Gasteiger partial charge on any atom is 0.226 e. The van der Waals surface area contributed by atoms with Gasteiger partial charge in [-0.3, -0.25) is 9.59 Å². The molecular formula is C16H20N6O2S. The van der Waals surface area contributed by atoms with Gasteiger partial charge in [0.2, 0.25) is 16.9 Å². The monoisotopic (exact) mass is 360 g/mol. The zero-order valence-electron chi connectivity index (χ0n) is 13.8. The van der Waals surface area contributed by atoms with Crippen molar-refractivity contribution in [3.05, 3.63) is 29.9 Å². The van der Waals surface area contributed by atoms with E-state index in [2.05, 4.69) is 25.4 Å². The van der Waals surface area contributed by atoms with Crippen LogP contribution in [0.15, 0.2) is 29.9 Å². The third-order valence-electron chi connectivity index (χ3n) is 4.01. The van der Waals surface area contributed by atoms with E-state index in [1.54, 1.807) is 11.7 Å². The first-order valence-electron chi connectivity index (χ1n) is 8.22. The van der Waals surface area contributed by atoms with Gasteiger partial charge >= 0.3 is 0 Å². The van der Waals surface area contributed by atoms with Crippen molar-refractivity contribution in [3.8, 4) is 0 Å². The lowest BCUT2D eigenvalue weighted by Gasteiger charge is -2.35. The number of hydrogen-bond acceptors (Lipinski definition) is 7. The van der Waals surface area contributed by atoms with Crippen molar-refractivity contribution in [1.82, 2.24) is 20.1 Å². The van der Waals surface area contributed by atoms with Gasteiger partial charge in [-0.2, -0.15) is 0 Å². The van der Waals surface area contributed by atoms with E-state index in [1.165, 1.54) is 11.3 Å². The molecule has 25 heavy (non-hydrogen) atoms. The smallest absolute Gasteiger partial charge is 0.226 e. The Bertz CT molecular complexity index is 686. The van der Waals surface area contributed by atoms with Crippen LogP contribution in [-0.2, 0) is 9.59 Å². The van der Waals surface area contributed by atoms with E-state index in [1.807, 2.05) is 23.1 Å². The fourth-order valence-electron chi connectivity index (χ4n) is 2.69. The number of pyridine rings is 1. The highest BCUT2D eigenvalue weighted by atomic mass is 32.1. The summed E-state index contributed by atoms with van der Waals surface area (Å²) in [6, 6.07) is 5.84. The van der Waals surface area contributed by atoms with Crippen LogP contribution < -0.4 is 10.2 Å². The average Bonchev–Trinajstić information content (AvgIpc) is 3.15. The molecule has 1 aliphatic rings. The van der Waals surface area contributed by atoms with Crippen LogP contribution >= 0.6 is 11.3 Å². The second-order valence-electron chi connectivity index (χ2n) is 5.70. The van der Waals surface area contributed by atoms with Crippen LogP contribution in [0.4, 0.5) is 10.9 Å². The second kappa shape index (κ2) is 8.52. The molecule has 2 aromatic heterocycles. The quantitative estimate of drug-likeness (QED) is 0.837. The summed E-state index contributed by atoms with van der Waals surface area (Å²) in [4.78, 5) is 32.4. The van der Waals surface area contributed by atoms with Crippen LogP contribution in [0, 0.1) is 0 Å². The maximum atomic E-state index is 12.3. The highest BCUT2D eigenvalue weighted by molar-refractivity contribution is 7.13. The molecule has 1 saturated heterocycles. The minimum Gasteiger partial charge on any atom is -0.353 e. The van der Waals surface area contributed by atoms with Gasteiger partial charge in [0.05, 0.1) is 0 Å². The summed E-state index contributed by atoms with van der Waals surface area (Å²) in [5.74, 6) is 0.914. The number of carbonyl (C=O) groups is 2. The molecule has 0 bridgehead atoms. The largest absolute Gasteiger partial charge is 0.353 e. The van der Waals surface area contributed by atoms with Crippen molar-refractivity contribution in [2.24, 2.45) is 0 Å². The Kier molecular flexibility index (Phi) is 5.89. The molecule has 0 spiro atoms. The molecule has 1 fully saturated rings. The number of carbonyl (C=O) groups excluding carboxylic acids is 2. The highest BCUT2D eigenvalue weighted by Gasteiger charge is 2.21. The van der Waals surface area contributed by atoms with Crippen molar-refractivity contribution < 1.29 is 9.59 Å². The van der Waals surface area contributed by atoms with Crippen molar-refractivity contribution in [2.75, 3.05) is 36.4 Å². The molecule has 0 radical (unpaired) electrons. The van der Waals surface area contributed by atoms with Crippen molar-refractivity contribution in [1.29, 1.82) is 0 Å². The molecule has 9 heteroatoms. The third kappa shape index (κ3) is 4.96.